The Morgan fingerprint density at radius 3 is 2.65 bits per heavy atom. The Bertz CT molecular complexity index is 721. The van der Waals surface area contributed by atoms with Crippen LogP contribution in [0.2, 0.25) is 0 Å². The van der Waals surface area contributed by atoms with Gasteiger partial charge in [-0.25, -0.2) is 13.4 Å². The van der Waals surface area contributed by atoms with Crippen molar-refractivity contribution in [2.45, 2.75) is 31.6 Å². The molecule has 108 valence electrons. The lowest BCUT2D eigenvalue weighted by atomic mass is 10.2. The van der Waals surface area contributed by atoms with Gasteiger partial charge in [0.2, 0.25) is 0 Å². The smallest absolute Gasteiger partial charge is 0.264 e. The molecule has 0 aliphatic heterocycles. The molecular formula is C13H17N3O2S2. The molecule has 7 heteroatoms. The van der Waals surface area contributed by atoms with Crippen LogP contribution in [0.4, 0.5) is 10.8 Å². The van der Waals surface area contributed by atoms with E-state index in [-0.39, 0.29) is 10.8 Å². The summed E-state index contributed by atoms with van der Waals surface area (Å²) in [5, 5.41) is 2.23. The number of anilines is 2. The molecule has 0 bridgehead atoms. The van der Waals surface area contributed by atoms with Gasteiger partial charge >= 0.3 is 0 Å². The number of hydrogen-bond acceptors (Lipinski definition) is 5. The van der Waals surface area contributed by atoms with E-state index in [1.807, 2.05) is 19.2 Å². The van der Waals surface area contributed by atoms with E-state index in [2.05, 4.69) is 9.71 Å². The lowest BCUT2D eigenvalue weighted by Gasteiger charge is -2.09. The maximum Gasteiger partial charge on any atom is 0.264 e. The Kier molecular flexibility index (Phi) is 4.01. The van der Waals surface area contributed by atoms with Gasteiger partial charge in [-0.15, -0.1) is 11.3 Å². The molecule has 1 aromatic carbocycles. The first-order valence-electron chi connectivity index (χ1n) is 6.14. The first kappa shape index (κ1) is 14.8. The molecule has 2 aromatic rings. The van der Waals surface area contributed by atoms with Crippen molar-refractivity contribution in [3.63, 3.8) is 0 Å². The van der Waals surface area contributed by atoms with Gasteiger partial charge in [-0.1, -0.05) is 19.9 Å². The molecule has 0 spiro atoms. The normalized spacial score (nSPS) is 11.8. The van der Waals surface area contributed by atoms with Crippen LogP contribution < -0.4 is 10.5 Å². The van der Waals surface area contributed by atoms with Gasteiger partial charge < -0.3 is 5.73 Å². The van der Waals surface area contributed by atoms with Crippen LogP contribution in [0, 0.1) is 6.92 Å². The average Bonchev–Trinajstić information content (AvgIpc) is 2.80. The zero-order valence-electron chi connectivity index (χ0n) is 11.5. The second-order valence-electron chi connectivity index (χ2n) is 4.86. The second kappa shape index (κ2) is 5.41. The standard InChI is InChI=1S/C13H17N3O2S2/c1-8(2)11-7-19-13(15-11)16-20(17,18)12-6-10(14)5-4-9(12)3/h4-8H,14H2,1-3H3,(H,15,16). The van der Waals surface area contributed by atoms with Crippen LogP contribution in [-0.4, -0.2) is 13.4 Å². The van der Waals surface area contributed by atoms with E-state index in [1.54, 1.807) is 19.1 Å². The lowest BCUT2D eigenvalue weighted by Crippen LogP contribution is -2.14. The minimum atomic E-state index is -3.66. The van der Waals surface area contributed by atoms with Gasteiger partial charge in [-0.2, -0.15) is 0 Å². The maximum atomic E-state index is 12.4. The average molecular weight is 311 g/mol. The van der Waals surface area contributed by atoms with Gasteiger partial charge in [0.25, 0.3) is 10.0 Å². The number of sulfonamides is 1. The van der Waals surface area contributed by atoms with Crippen molar-refractivity contribution >= 4 is 32.2 Å². The summed E-state index contributed by atoms with van der Waals surface area (Å²) in [6.07, 6.45) is 0. The topological polar surface area (TPSA) is 85.1 Å². The molecular weight excluding hydrogens is 294 g/mol. The third kappa shape index (κ3) is 3.10. The minimum absolute atomic E-state index is 0.179. The third-order valence-corrected chi connectivity index (χ3v) is 5.22. The Morgan fingerprint density at radius 2 is 2.05 bits per heavy atom. The van der Waals surface area contributed by atoms with E-state index in [0.717, 1.165) is 5.69 Å². The highest BCUT2D eigenvalue weighted by atomic mass is 32.2. The van der Waals surface area contributed by atoms with E-state index in [4.69, 9.17) is 5.73 Å². The van der Waals surface area contributed by atoms with Gasteiger partial charge in [0.15, 0.2) is 5.13 Å². The molecule has 0 unspecified atom stereocenters. The molecule has 0 radical (unpaired) electrons. The summed E-state index contributed by atoms with van der Waals surface area (Å²) in [4.78, 5) is 4.45. The molecule has 1 aromatic heterocycles. The van der Waals surface area contributed by atoms with E-state index < -0.39 is 10.0 Å². The zero-order valence-corrected chi connectivity index (χ0v) is 13.2. The fourth-order valence-corrected chi connectivity index (χ4v) is 4.08. The first-order chi connectivity index (χ1) is 9.29. The summed E-state index contributed by atoms with van der Waals surface area (Å²) in [5.74, 6) is 0.263. The molecule has 0 saturated heterocycles. The van der Waals surface area contributed by atoms with Gasteiger partial charge in [-0.3, -0.25) is 4.72 Å². The van der Waals surface area contributed by atoms with E-state index in [9.17, 15) is 8.42 Å². The Balaban J connectivity index is 2.33. The number of nitrogens with two attached hydrogens (primary N) is 1. The summed E-state index contributed by atoms with van der Waals surface area (Å²) < 4.78 is 27.2. The van der Waals surface area contributed by atoms with Crippen LogP contribution in [-0.2, 0) is 10.0 Å². The summed E-state index contributed by atoms with van der Waals surface area (Å²) in [5.41, 5.74) is 7.59. The molecule has 0 atom stereocenters. The number of rotatable bonds is 4. The monoisotopic (exact) mass is 311 g/mol. The van der Waals surface area contributed by atoms with Gasteiger partial charge in [0.05, 0.1) is 10.6 Å². The molecule has 0 fully saturated rings. The van der Waals surface area contributed by atoms with Gasteiger partial charge in [0, 0.05) is 11.1 Å². The maximum absolute atomic E-state index is 12.4. The first-order valence-corrected chi connectivity index (χ1v) is 8.50. The number of hydrogen-bond donors (Lipinski definition) is 2. The molecule has 20 heavy (non-hydrogen) atoms. The number of nitrogens with zero attached hydrogens (tertiary/aromatic N) is 1. The summed E-state index contributed by atoms with van der Waals surface area (Å²) >= 11 is 1.28. The van der Waals surface area contributed by atoms with Crippen molar-refractivity contribution in [1.29, 1.82) is 0 Å². The van der Waals surface area contributed by atoms with Crippen molar-refractivity contribution in [2.75, 3.05) is 10.5 Å². The Morgan fingerprint density at radius 1 is 1.35 bits per heavy atom. The van der Waals surface area contributed by atoms with Crippen molar-refractivity contribution in [3.8, 4) is 0 Å². The van der Waals surface area contributed by atoms with Gasteiger partial charge in [-0.05, 0) is 30.5 Å². The number of nitrogen functional groups attached to an aromatic ring is 1. The Labute approximate surface area is 122 Å². The second-order valence-corrected chi connectivity index (χ2v) is 7.37. The number of aryl methyl sites for hydroxylation is 1. The third-order valence-electron chi connectivity index (χ3n) is 2.84. The predicted octanol–water partition coefficient (Wildman–Crippen LogP) is 2.96. The number of benzene rings is 1. The van der Waals surface area contributed by atoms with Crippen LogP contribution in [0.1, 0.15) is 31.0 Å². The molecule has 0 amide bonds. The molecule has 0 saturated carbocycles. The van der Waals surface area contributed by atoms with E-state index >= 15 is 0 Å². The molecule has 0 aliphatic rings. The summed E-state index contributed by atoms with van der Waals surface area (Å²) in [6, 6.07) is 4.81. The number of nitrogens with one attached hydrogen (secondary N) is 1. The summed E-state index contributed by atoms with van der Waals surface area (Å²) in [7, 11) is -3.66. The highest BCUT2D eigenvalue weighted by Gasteiger charge is 2.19. The van der Waals surface area contributed by atoms with Crippen LogP contribution in [0.5, 0.6) is 0 Å². The molecule has 0 aliphatic carbocycles. The zero-order chi connectivity index (χ0) is 14.9. The highest BCUT2D eigenvalue weighted by Crippen LogP contribution is 2.25. The van der Waals surface area contributed by atoms with Crippen LogP contribution in [0.25, 0.3) is 0 Å². The van der Waals surface area contributed by atoms with Crippen molar-refractivity contribution in [2.24, 2.45) is 0 Å². The summed E-state index contributed by atoms with van der Waals surface area (Å²) in [6.45, 7) is 5.75. The largest absolute Gasteiger partial charge is 0.399 e. The fraction of sp³-hybridized carbons (Fsp3) is 0.308. The SMILES string of the molecule is Cc1ccc(N)cc1S(=O)(=O)Nc1nc(C(C)C)cs1. The number of thiazole rings is 1. The lowest BCUT2D eigenvalue weighted by molar-refractivity contribution is 0.600. The van der Waals surface area contributed by atoms with E-state index in [1.165, 1.54) is 17.4 Å². The highest BCUT2D eigenvalue weighted by molar-refractivity contribution is 7.93. The van der Waals surface area contributed by atoms with Crippen molar-refractivity contribution in [3.05, 3.63) is 34.8 Å². The van der Waals surface area contributed by atoms with E-state index in [0.29, 0.717) is 16.4 Å². The predicted molar refractivity (Wildman–Crippen MR) is 82.6 cm³/mol. The number of aromatic nitrogens is 1. The van der Waals surface area contributed by atoms with Crippen molar-refractivity contribution in [1.82, 2.24) is 4.98 Å². The quantitative estimate of drug-likeness (QED) is 0.850. The minimum Gasteiger partial charge on any atom is -0.399 e. The molecule has 3 N–H and O–H groups in total. The van der Waals surface area contributed by atoms with Gasteiger partial charge in [0.1, 0.15) is 0 Å². The molecule has 2 rings (SSSR count). The van der Waals surface area contributed by atoms with Crippen LogP contribution >= 0.6 is 11.3 Å². The Hall–Kier alpha value is -1.60. The molecule has 1 heterocycles. The van der Waals surface area contributed by atoms with Crippen LogP contribution in [0.15, 0.2) is 28.5 Å². The molecule has 5 nitrogen and oxygen atoms in total. The van der Waals surface area contributed by atoms with Crippen molar-refractivity contribution < 1.29 is 8.42 Å². The fourth-order valence-electron chi connectivity index (χ4n) is 1.67. The van der Waals surface area contributed by atoms with Crippen LogP contribution in [0.3, 0.4) is 0 Å².